The van der Waals surface area contributed by atoms with Crippen LogP contribution in [-0.4, -0.2) is 24.1 Å². The van der Waals surface area contributed by atoms with Crippen molar-refractivity contribution >= 4 is 11.9 Å². The molecule has 5 heteroatoms. The third-order valence-corrected chi connectivity index (χ3v) is 1.39. The van der Waals surface area contributed by atoms with Crippen LogP contribution in [0.1, 0.15) is 27.2 Å². The molecule has 0 bridgehead atoms. The Bertz CT molecular complexity index is 268. The third kappa shape index (κ3) is 4.45. The van der Waals surface area contributed by atoms with Crippen molar-refractivity contribution < 1.29 is 19.1 Å². The summed E-state index contributed by atoms with van der Waals surface area (Å²) < 4.78 is 9.34. The van der Waals surface area contributed by atoms with Gasteiger partial charge in [0.15, 0.2) is 0 Å². The Morgan fingerprint density at radius 2 is 2.07 bits per heavy atom. The van der Waals surface area contributed by atoms with E-state index in [0.29, 0.717) is 0 Å². The number of esters is 2. The normalized spacial score (nSPS) is 13.6. The van der Waals surface area contributed by atoms with Crippen molar-refractivity contribution in [3.63, 3.8) is 0 Å². The van der Waals surface area contributed by atoms with Crippen LogP contribution >= 0.6 is 0 Å². The van der Waals surface area contributed by atoms with Gasteiger partial charge in [0, 0.05) is 6.92 Å². The van der Waals surface area contributed by atoms with E-state index in [4.69, 9.17) is 10.00 Å². The first-order valence-corrected chi connectivity index (χ1v) is 4.20. The van der Waals surface area contributed by atoms with Crippen molar-refractivity contribution in [2.75, 3.05) is 6.61 Å². The Kier molecular flexibility index (Phi) is 4.64. The Balaban J connectivity index is 4.34. The van der Waals surface area contributed by atoms with Gasteiger partial charge in [-0.25, -0.2) is 0 Å². The third-order valence-electron chi connectivity index (χ3n) is 1.39. The van der Waals surface area contributed by atoms with Gasteiger partial charge in [-0.1, -0.05) is 0 Å². The van der Waals surface area contributed by atoms with Crippen LogP contribution in [-0.2, 0) is 19.1 Å². The van der Waals surface area contributed by atoms with Gasteiger partial charge in [-0.15, -0.1) is 0 Å². The van der Waals surface area contributed by atoms with E-state index in [1.54, 1.807) is 13.0 Å². The van der Waals surface area contributed by atoms with E-state index in [1.165, 1.54) is 13.8 Å². The summed E-state index contributed by atoms with van der Waals surface area (Å²) in [5.74, 6) is -1.16. The predicted molar refractivity (Wildman–Crippen MR) is 47.0 cm³/mol. The Morgan fingerprint density at radius 3 is 2.43 bits per heavy atom. The molecular weight excluding hydrogens is 186 g/mol. The van der Waals surface area contributed by atoms with Crippen molar-refractivity contribution in [1.82, 2.24) is 0 Å². The van der Waals surface area contributed by atoms with Crippen molar-refractivity contribution in [3.05, 3.63) is 0 Å². The lowest BCUT2D eigenvalue weighted by molar-refractivity contribution is -0.157. The first-order chi connectivity index (χ1) is 6.43. The van der Waals surface area contributed by atoms with E-state index in [1.807, 2.05) is 0 Å². The summed E-state index contributed by atoms with van der Waals surface area (Å²) in [6.07, 6.45) is -0.253. The van der Waals surface area contributed by atoms with E-state index in [-0.39, 0.29) is 13.0 Å². The molecule has 0 heterocycles. The number of nitrogens with zero attached hydrogens (tertiary/aromatic N) is 1. The van der Waals surface area contributed by atoms with Crippen LogP contribution in [0.5, 0.6) is 0 Å². The van der Waals surface area contributed by atoms with Gasteiger partial charge >= 0.3 is 11.9 Å². The second-order valence-electron chi connectivity index (χ2n) is 2.92. The molecule has 0 aromatic carbocycles. The molecule has 0 rings (SSSR count). The highest BCUT2D eigenvalue weighted by atomic mass is 16.6. The molecule has 0 radical (unpaired) electrons. The van der Waals surface area contributed by atoms with Gasteiger partial charge in [-0.2, -0.15) is 5.26 Å². The van der Waals surface area contributed by atoms with Crippen LogP contribution in [0.15, 0.2) is 0 Å². The Hall–Kier alpha value is -1.57. The maximum Gasteiger partial charge on any atom is 0.310 e. The number of ether oxygens (including phenoxy) is 2. The lowest BCUT2D eigenvalue weighted by Gasteiger charge is -2.19. The van der Waals surface area contributed by atoms with E-state index >= 15 is 0 Å². The molecule has 0 saturated carbocycles. The standard InChI is InChI=1S/C9H13NO4/c1-4-13-8(12)5-9(3,6-10)14-7(2)11/h4-5H2,1-3H3/t9-/m0/s1. The maximum absolute atomic E-state index is 11.0. The molecule has 0 aliphatic rings. The van der Waals surface area contributed by atoms with Gasteiger partial charge < -0.3 is 9.47 Å². The highest BCUT2D eigenvalue weighted by molar-refractivity contribution is 5.73. The summed E-state index contributed by atoms with van der Waals surface area (Å²) in [6.45, 7) is 4.44. The average molecular weight is 199 g/mol. The van der Waals surface area contributed by atoms with Crippen LogP contribution in [0.2, 0.25) is 0 Å². The van der Waals surface area contributed by atoms with E-state index < -0.39 is 17.5 Å². The summed E-state index contributed by atoms with van der Waals surface area (Å²) in [6, 6.07) is 1.76. The number of nitriles is 1. The first kappa shape index (κ1) is 12.4. The topological polar surface area (TPSA) is 76.4 Å². The van der Waals surface area contributed by atoms with Crippen LogP contribution in [0, 0.1) is 11.3 Å². The molecule has 5 nitrogen and oxygen atoms in total. The molecule has 0 fully saturated rings. The van der Waals surface area contributed by atoms with Crippen LogP contribution in [0.3, 0.4) is 0 Å². The van der Waals surface area contributed by atoms with Crippen LogP contribution in [0.4, 0.5) is 0 Å². The lowest BCUT2D eigenvalue weighted by Crippen LogP contribution is -2.32. The molecule has 0 aromatic rings. The summed E-state index contributed by atoms with van der Waals surface area (Å²) in [4.78, 5) is 21.7. The highest BCUT2D eigenvalue weighted by Crippen LogP contribution is 2.15. The molecule has 0 N–H and O–H groups in total. The molecule has 0 saturated heterocycles. The van der Waals surface area contributed by atoms with Crippen molar-refractivity contribution in [1.29, 1.82) is 5.26 Å². The molecule has 1 atom stereocenters. The van der Waals surface area contributed by atoms with Crippen molar-refractivity contribution in [2.24, 2.45) is 0 Å². The van der Waals surface area contributed by atoms with E-state index in [2.05, 4.69) is 4.74 Å². The second kappa shape index (κ2) is 5.22. The average Bonchev–Trinajstić information content (AvgIpc) is 2.02. The maximum atomic E-state index is 11.0. The smallest absolute Gasteiger partial charge is 0.310 e. The highest BCUT2D eigenvalue weighted by Gasteiger charge is 2.31. The Labute approximate surface area is 82.6 Å². The molecule has 0 aliphatic carbocycles. The minimum Gasteiger partial charge on any atom is -0.466 e. The van der Waals surface area contributed by atoms with E-state index in [9.17, 15) is 9.59 Å². The number of rotatable bonds is 4. The quantitative estimate of drug-likeness (QED) is 0.625. The van der Waals surface area contributed by atoms with Crippen LogP contribution < -0.4 is 0 Å². The van der Waals surface area contributed by atoms with Gasteiger partial charge in [0.1, 0.15) is 6.07 Å². The number of hydrogen-bond acceptors (Lipinski definition) is 5. The number of carbonyl (C=O) groups is 2. The minimum absolute atomic E-state index is 0.237. The largest absolute Gasteiger partial charge is 0.466 e. The summed E-state index contributed by atoms with van der Waals surface area (Å²) in [7, 11) is 0. The van der Waals surface area contributed by atoms with Crippen molar-refractivity contribution in [2.45, 2.75) is 32.8 Å². The van der Waals surface area contributed by atoms with E-state index in [0.717, 1.165) is 0 Å². The molecule has 0 aromatic heterocycles. The molecular formula is C9H13NO4. The molecule has 0 aliphatic heterocycles. The van der Waals surface area contributed by atoms with Crippen molar-refractivity contribution in [3.8, 4) is 6.07 Å². The fraction of sp³-hybridized carbons (Fsp3) is 0.667. The molecule has 0 spiro atoms. The van der Waals surface area contributed by atoms with Gasteiger partial charge in [0.05, 0.1) is 13.0 Å². The van der Waals surface area contributed by atoms with Gasteiger partial charge in [0.25, 0.3) is 0 Å². The van der Waals surface area contributed by atoms with Gasteiger partial charge in [0.2, 0.25) is 5.60 Å². The SMILES string of the molecule is CCOC(=O)C[C@@](C)(C#N)OC(C)=O. The monoisotopic (exact) mass is 199 g/mol. The predicted octanol–water partition coefficient (Wildman–Crippen LogP) is 0.785. The zero-order valence-corrected chi connectivity index (χ0v) is 8.49. The second-order valence-corrected chi connectivity index (χ2v) is 2.92. The van der Waals surface area contributed by atoms with Gasteiger partial charge in [-0.05, 0) is 13.8 Å². The fourth-order valence-electron chi connectivity index (χ4n) is 0.903. The fourth-order valence-corrected chi connectivity index (χ4v) is 0.903. The summed E-state index contributed by atoms with van der Waals surface area (Å²) >= 11 is 0. The molecule has 0 unspecified atom stereocenters. The Morgan fingerprint density at radius 1 is 1.50 bits per heavy atom. The van der Waals surface area contributed by atoms with Gasteiger partial charge in [-0.3, -0.25) is 9.59 Å². The summed E-state index contributed by atoms with van der Waals surface area (Å²) in [5.41, 5.74) is -1.43. The molecule has 78 valence electrons. The zero-order chi connectivity index (χ0) is 11.2. The number of hydrogen-bond donors (Lipinski definition) is 0. The molecule has 14 heavy (non-hydrogen) atoms. The zero-order valence-electron chi connectivity index (χ0n) is 8.49. The lowest BCUT2D eigenvalue weighted by atomic mass is 10.0. The molecule has 0 amide bonds. The van der Waals surface area contributed by atoms with Crippen LogP contribution in [0.25, 0.3) is 0 Å². The minimum atomic E-state index is -1.43. The first-order valence-electron chi connectivity index (χ1n) is 4.20. The number of carbonyl (C=O) groups excluding carboxylic acids is 2. The summed E-state index contributed by atoms with van der Waals surface area (Å²) in [5, 5.41) is 8.72.